The summed E-state index contributed by atoms with van der Waals surface area (Å²) in [4.78, 5) is 2.23. The number of nitrogens with two attached hydrogens (primary N) is 1. The standard InChI is InChI=1S/C14H23ClN2O/c1-3-8-17(9-10-18)14(11(2)16)12-4-6-13(15)7-5-12/h4-7,11,14,18H,3,8-10,16H2,1-2H3. The molecule has 3 N–H and O–H groups in total. The monoisotopic (exact) mass is 270 g/mol. The van der Waals surface area contributed by atoms with Crippen molar-refractivity contribution in [1.82, 2.24) is 4.90 Å². The second-order valence-electron chi connectivity index (χ2n) is 4.62. The van der Waals surface area contributed by atoms with Crippen molar-refractivity contribution in [1.29, 1.82) is 0 Å². The van der Waals surface area contributed by atoms with Crippen LogP contribution in [-0.2, 0) is 0 Å². The van der Waals surface area contributed by atoms with Gasteiger partial charge in [-0.25, -0.2) is 0 Å². The lowest BCUT2D eigenvalue weighted by atomic mass is 9.99. The minimum atomic E-state index is 0.00396. The van der Waals surface area contributed by atoms with E-state index in [1.165, 1.54) is 0 Å². The van der Waals surface area contributed by atoms with Crippen LogP contribution in [0.5, 0.6) is 0 Å². The van der Waals surface area contributed by atoms with Crippen LogP contribution in [0.25, 0.3) is 0 Å². The zero-order valence-corrected chi connectivity index (χ0v) is 11.9. The van der Waals surface area contributed by atoms with Gasteiger partial charge in [-0.15, -0.1) is 0 Å². The van der Waals surface area contributed by atoms with E-state index in [4.69, 9.17) is 17.3 Å². The fourth-order valence-corrected chi connectivity index (χ4v) is 2.44. The summed E-state index contributed by atoms with van der Waals surface area (Å²) < 4.78 is 0. The Morgan fingerprint density at radius 3 is 2.33 bits per heavy atom. The van der Waals surface area contributed by atoms with E-state index >= 15 is 0 Å². The van der Waals surface area contributed by atoms with Crippen LogP contribution in [0.15, 0.2) is 24.3 Å². The molecule has 0 aromatic heterocycles. The van der Waals surface area contributed by atoms with E-state index in [1.807, 2.05) is 31.2 Å². The highest BCUT2D eigenvalue weighted by Gasteiger charge is 2.22. The van der Waals surface area contributed by atoms with Crippen LogP contribution in [0.1, 0.15) is 31.9 Å². The van der Waals surface area contributed by atoms with Crippen LogP contribution in [0.3, 0.4) is 0 Å². The number of hydrogen-bond acceptors (Lipinski definition) is 3. The number of aliphatic hydroxyl groups is 1. The van der Waals surface area contributed by atoms with Gasteiger partial charge in [0, 0.05) is 23.7 Å². The van der Waals surface area contributed by atoms with E-state index in [9.17, 15) is 5.11 Å². The van der Waals surface area contributed by atoms with Crippen molar-refractivity contribution in [3.63, 3.8) is 0 Å². The molecule has 0 spiro atoms. The van der Waals surface area contributed by atoms with Gasteiger partial charge >= 0.3 is 0 Å². The summed E-state index contributed by atoms with van der Waals surface area (Å²) >= 11 is 5.91. The molecule has 2 unspecified atom stereocenters. The largest absolute Gasteiger partial charge is 0.395 e. The Hall–Kier alpha value is -0.610. The van der Waals surface area contributed by atoms with Crippen molar-refractivity contribution in [2.24, 2.45) is 5.73 Å². The molecule has 0 heterocycles. The minimum absolute atomic E-state index is 0.00396. The molecular formula is C14H23ClN2O. The van der Waals surface area contributed by atoms with Gasteiger partial charge < -0.3 is 10.8 Å². The second-order valence-corrected chi connectivity index (χ2v) is 5.05. The fourth-order valence-electron chi connectivity index (χ4n) is 2.31. The quantitative estimate of drug-likeness (QED) is 0.800. The molecule has 0 saturated heterocycles. The summed E-state index contributed by atoms with van der Waals surface area (Å²) in [6, 6.07) is 7.91. The predicted molar refractivity (Wildman–Crippen MR) is 76.8 cm³/mol. The Balaban J connectivity index is 2.95. The Labute approximate surface area is 115 Å². The maximum absolute atomic E-state index is 9.18. The number of nitrogens with zero attached hydrogens (tertiary/aromatic N) is 1. The third-order valence-electron chi connectivity index (χ3n) is 3.00. The van der Waals surface area contributed by atoms with E-state index in [0.717, 1.165) is 23.6 Å². The Morgan fingerprint density at radius 2 is 1.89 bits per heavy atom. The Kier molecular flexibility index (Phi) is 6.65. The highest BCUT2D eigenvalue weighted by molar-refractivity contribution is 6.30. The van der Waals surface area contributed by atoms with Gasteiger partial charge in [0.25, 0.3) is 0 Å². The normalized spacial score (nSPS) is 14.8. The first kappa shape index (κ1) is 15.4. The van der Waals surface area contributed by atoms with E-state index in [-0.39, 0.29) is 18.7 Å². The van der Waals surface area contributed by atoms with Gasteiger partial charge in [0.15, 0.2) is 0 Å². The third-order valence-corrected chi connectivity index (χ3v) is 3.25. The van der Waals surface area contributed by atoms with Crippen molar-refractivity contribution in [3.05, 3.63) is 34.9 Å². The highest BCUT2D eigenvalue weighted by atomic mass is 35.5. The summed E-state index contributed by atoms with van der Waals surface area (Å²) in [6.45, 7) is 5.85. The molecule has 0 aliphatic heterocycles. The zero-order chi connectivity index (χ0) is 13.5. The molecule has 1 rings (SSSR count). The number of hydrogen-bond donors (Lipinski definition) is 2. The topological polar surface area (TPSA) is 49.5 Å². The van der Waals surface area contributed by atoms with Crippen molar-refractivity contribution in [3.8, 4) is 0 Å². The molecule has 1 aromatic carbocycles. The molecule has 0 aliphatic carbocycles. The van der Waals surface area contributed by atoms with Crippen LogP contribution in [0.4, 0.5) is 0 Å². The molecule has 0 aliphatic rings. The maximum atomic E-state index is 9.18. The zero-order valence-electron chi connectivity index (χ0n) is 11.1. The van der Waals surface area contributed by atoms with E-state index in [0.29, 0.717) is 6.54 Å². The minimum Gasteiger partial charge on any atom is -0.395 e. The van der Waals surface area contributed by atoms with Crippen LogP contribution in [-0.4, -0.2) is 35.7 Å². The molecule has 0 fully saturated rings. The van der Waals surface area contributed by atoms with Crippen molar-refractivity contribution < 1.29 is 5.11 Å². The average Bonchev–Trinajstić information content (AvgIpc) is 2.32. The second kappa shape index (κ2) is 7.74. The molecule has 4 heteroatoms. The Bertz CT molecular complexity index is 334. The number of rotatable bonds is 7. The molecular weight excluding hydrogens is 248 g/mol. The van der Waals surface area contributed by atoms with Gasteiger partial charge in [0.2, 0.25) is 0 Å². The van der Waals surface area contributed by atoms with Gasteiger partial charge in [-0.3, -0.25) is 4.90 Å². The molecule has 3 nitrogen and oxygen atoms in total. The van der Waals surface area contributed by atoms with E-state index in [1.54, 1.807) is 0 Å². The summed E-state index contributed by atoms with van der Waals surface area (Å²) in [7, 11) is 0. The van der Waals surface area contributed by atoms with Crippen LogP contribution in [0.2, 0.25) is 5.02 Å². The smallest absolute Gasteiger partial charge is 0.0558 e. The summed E-state index contributed by atoms with van der Waals surface area (Å²) in [5.41, 5.74) is 7.26. The molecule has 102 valence electrons. The molecule has 1 aromatic rings. The molecule has 18 heavy (non-hydrogen) atoms. The summed E-state index contributed by atoms with van der Waals surface area (Å²) in [5.74, 6) is 0. The van der Waals surface area contributed by atoms with Crippen LogP contribution < -0.4 is 5.73 Å². The van der Waals surface area contributed by atoms with Gasteiger partial charge in [0.05, 0.1) is 6.61 Å². The molecule has 0 amide bonds. The predicted octanol–water partition coefficient (Wildman–Crippen LogP) is 2.43. The first-order chi connectivity index (χ1) is 8.60. The summed E-state index contributed by atoms with van der Waals surface area (Å²) in [6.07, 6.45) is 1.04. The Morgan fingerprint density at radius 1 is 1.28 bits per heavy atom. The van der Waals surface area contributed by atoms with Gasteiger partial charge in [-0.1, -0.05) is 30.7 Å². The third kappa shape index (κ3) is 4.25. The lowest BCUT2D eigenvalue weighted by Crippen LogP contribution is -2.41. The maximum Gasteiger partial charge on any atom is 0.0558 e. The van der Waals surface area contributed by atoms with Crippen molar-refractivity contribution in [2.75, 3.05) is 19.7 Å². The van der Waals surface area contributed by atoms with Gasteiger partial charge in [-0.05, 0) is 37.6 Å². The molecule has 0 radical (unpaired) electrons. The fraction of sp³-hybridized carbons (Fsp3) is 0.571. The van der Waals surface area contributed by atoms with E-state index in [2.05, 4.69) is 11.8 Å². The summed E-state index contributed by atoms with van der Waals surface area (Å²) in [5, 5.41) is 9.91. The van der Waals surface area contributed by atoms with Crippen LogP contribution in [0, 0.1) is 0 Å². The molecule has 0 bridgehead atoms. The van der Waals surface area contributed by atoms with Crippen LogP contribution >= 0.6 is 11.6 Å². The van der Waals surface area contributed by atoms with Gasteiger partial charge in [0.1, 0.15) is 0 Å². The average molecular weight is 271 g/mol. The highest BCUT2D eigenvalue weighted by Crippen LogP contribution is 2.25. The van der Waals surface area contributed by atoms with E-state index < -0.39 is 0 Å². The number of benzene rings is 1. The first-order valence-corrected chi connectivity index (χ1v) is 6.83. The van der Waals surface area contributed by atoms with Gasteiger partial charge in [-0.2, -0.15) is 0 Å². The lowest BCUT2D eigenvalue weighted by molar-refractivity contribution is 0.137. The number of aliphatic hydroxyl groups excluding tert-OH is 1. The van der Waals surface area contributed by atoms with Crippen molar-refractivity contribution in [2.45, 2.75) is 32.4 Å². The SMILES string of the molecule is CCCN(CCO)C(c1ccc(Cl)cc1)C(C)N. The number of halogens is 1. The van der Waals surface area contributed by atoms with Crippen molar-refractivity contribution >= 4 is 11.6 Å². The lowest BCUT2D eigenvalue weighted by Gasteiger charge is -2.34. The molecule has 0 saturated carbocycles. The molecule has 2 atom stereocenters. The first-order valence-electron chi connectivity index (χ1n) is 6.46.